The Labute approximate surface area is 123 Å². The van der Waals surface area contributed by atoms with E-state index in [2.05, 4.69) is 5.32 Å². The molecule has 1 aromatic carbocycles. The zero-order valence-corrected chi connectivity index (χ0v) is 12.6. The molecule has 0 aliphatic rings. The molecule has 114 valence electrons. The summed E-state index contributed by atoms with van der Waals surface area (Å²) in [7, 11) is 0. The van der Waals surface area contributed by atoms with Gasteiger partial charge in [-0.05, 0) is 49.9 Å². The Kier molecular flexibility index (Phi) is 6.83. The fourth-order valence-corrected chi connectivity index (χ4v) is 2.47. The summed E-state index contributed by atoms with van der Waals surface area (Å²) in [5.41, 5.74) is 1.93. The van der Waals surface area contributed by atoms with Crippen LogP contribution in [0.15, 0.2) is 18.2 Å². The third-order valence-electron chi connectivity index (χ3n) is 3.13. The first-order chi connectivity index (χ1) is 9.33. The average molecular weight is 308 g/mol. The van der Waals surface area contributed by atoms with Gasteiger partial charge in [-0.2, -0.15) is 13.2 Å². The van der Waals surface area contributed by atoms with Gasteiger partial charge in [0.15, 0.2) is 0 Å². The molecule has 1 nitrogen and oxygen atoms in total. The van der Waals surface area contributed by atoms with E-state index in [9.17, 15) is 13.2 Å². The van der Waals surface area contributed by atoms with Gasteiger partial charge in [0, 0.05) is 17.5 Å². The van der Waals surface area contributed by atoms with Gasteiger partial charge in [0.1, 0.15) is 0 Å². The molecule has 0 bridgehead atoms. The number of alkyl halides is 3. The van der Waals surface area contributed by atoms with Crippen LogP contribution in [0.2, 0.25) is 5.02 Å². The van der Waals surface area contributed by atoms with Crippen molar-refractivity contribution in [3.05, 3.63) is 34.3 Å². The summed E-state index contributed by atoms with van der Waals surface area (Å²) < 4.78 is 36.7. The summed E-state index contributed by atoms with van der Waals surface area (Å²) >= 11 is 6.21. The van der Waals surface area contributed by atoms with Crippen LogP contribution < -0.4 is 5.32 Å². The topological polar surface area (TPSA) is 12.0 Å². The quantitative estimate of drug-likeness (QED) is 0.709. The minimum absolute atomic E-state index is 0.106. The molecule has 0 saturated carbocycles. The maximum atomic E-state index is 12.2. The van der Waals surface area contributed by atoms with Gasteiger partial charge in [0.25, 0.3) is 0 Å². The zero-order chi connectivity index (χ0) is 15.2. The molecule has 1 unspecified atom stereocenters. The molecule has 0 saturated heterocycles. The van der Waals surface area contributed by atoms with Crippen molar-refractivity contribution in [2.24, 2.45) is 0 Å². The lowest BCUT2D eigenvalue weighted by molar-refractivity contribution is -0.135. The highest BCUT2D eigenvalue weighted by atomic mass is 35.5. The second-order valence-electron chi connectivity index (χ2n) is 5.04. The van der Waals surface area contributed by atoms with Gasteiger partial charge in [0.2, 0.25) is 0 Å². The summed E-state index contributed by atoms with van der Waals surface area (Å²) in [5, 5.41) is 3.90. The van der Waals surface area contributed by atoms with Crippen molar-refractivity contribution in [3.8, 4) is 0 Å². The standard InChI is InChI=1S/C15H21ClF3N/c1-3-9-20-14(5-4-8-15(17,18)19)12-7-6-11(2)10-13(12)16/h6-7,10,14,20H,3-5,8-9H2,1-2H3. The highest BCUT2D eigenvalue weighted by Crippen LogP contribution is 2.30. The zero-order valence-electron chi connectivity index (χ0n) is 11.9. The van der Waals surface area contributed by atoms with Crippen LogP contribution in [0.4, 0.5) is 13.2 Å². The van der Waals surface area contributed by atoms with Gasteiger partial charge in [-0.1, -0.05) is 30.7 Å². The second kappa shape index (κ2) is 7.89. The molecule has 1 rings (SSSR count). The maximum absolute atomic E-state index is 12.2. The number of halogens is 4. The van der Waals surface area contributed by atoms with Crippen LogP contribution in [-0.4, -0.2) is 12.7 Å². The van der Waals surface area contributed by atoms with Gasteiger partial charge in [0.05, 0.1) is 0 Å². The summed E-state index contributed by atoms with van der Waals surface area (Å²) in [6.45, 7) is 4.73. The van der Waals surface area contributed by atoms with Crippen molar-refractivity contribution in [1.82, 2.24) is 5.32 Å². The van der Waals surface area contributed by atoms with E-state index in [1.54, 1.807) is 0 Å². The Balaban J connectivity index is 2.72. The van der Waals surface area contributed by atoms with E-state index in [4.69, 9.17) is 11.6 Å². The van der Waals surface area contributed by atoms with Crippen LogP contribution in [0.5, 0.6) is 0 Å². The molecule has 0 aromatic heterocycles. The van der Waals surface area contributed by atoms with E-state index in [0.717, 1.165) is 24.1 Å². The summed E-state index contributed by atoms with van der Waals surface area (Å²) in [5.74, 6) is 0. The molecule has 5 heteroatoms. The molecule has 20 heavy (non-hydrogen) atoms. The highest BCUT2D eigenvalue weighted by molar-refractivity contribution is 6.31. The van der Waals surface area contributed by atoms with Crippen molar-refractivity contribution < 1.29 is 13.2 Å². The number of nitrogens with one attached hydrogen (secondary N) is 1. The van der Waals surface area contributed by atoms with E-state index < -0.39 is 12.6 Å². The number of hydrogen-bond acceptors (Lipinski definition) is 1. The third-order valence-corrected chi connectivity index (χ3v) is 3.45. The average Bonchev–Trinajstić information content (AvgIpc) is 2.33. The van der Waals surface area contributed by atoms with Gasteiger partial charge >= 0.3 is 6.18 Å². The van der Waals surface area contributed by atoms with Crippen molar-refractivity contribution in [3.63, 3.8) is 0 Å². The molecule has 0 heterocycles. The van der Waals surface area contributed by atoms with Crippen molar-refractivity contribution in [2.45, 2.75) is 51.7 Å². The fourth-order valence-electron chi connectivity index (χ4n) is 2.11. The van der Waals surface area contributed by atoms with Crippen LogP contribution in [0.1, 0.15) is 49.8 Å². The van der Waals surface area contributed by atoms with Gasteiger partial charge in [-0.25, -0.2) is 0 Å². The molecule has 0 fully saturated rings. The smallest absolute Gasteiger partial charge is 0.310 e. The van der Waals surface area contributed by atoms with Crippen LogP contribution >= 0.6 is 11.6 Å². The van der Waals surface area contributed by atoms with Crippen LogP contribution in [-0.2, 0) is 0 Å². The molecule has 1 aromatic rings. The molecule has 1 N–H and O–H groups in total. The van der Waals surface area contributed by atoms with Gasteiger partial charge < -0.3 is 5.32 Å². The second-order valence-corrected chi connectivity index (χ2v) is 5.45. The first kappa shape index (κ1) is 17.3. The number of benzene rings is 1. The maximum Gasteiger partial charge on any atom is 0.389 e. The van der Waals surface area contributed by atoms with E-state index in [1.165, 1.54) is 0 Å². The number of aryl methyl sites for hydroxylation is 1. The number of rotatable bonds is 7. The summed E-state index contributed by atoms with van der Waals surface area (Å²) in [6, 6.07) is 5.57. The largest absolute Gasteiger partial charge is 0.389 e. The Morgan fingerprint density at radius 1 is 1.30 bits per heavy atom. The summed E-state index contributed by atoms with van der Waals surface area (Å²) in [4.78, 5) is 0. The number of hydrogen-bond donors (Lipinski definition) is 1. The van der Waals surface area contributed by atoms with Crippen molar-refractivity contribution >= 4 is 11.6 Å². The minimum atomic E-state index is -4.09. The molecular weight excluding hydrogens is 287 g/mol. The Morgan fingerprint density at radius 3 is 2.55 bits per heavy atom. The minimum Gasteiger partial charge on any atom is -0.310 e. The van der Waals surface area contributed by atoms with E-state index in [-0.39, 0.29) is 12.5 Å². The Morgan fingerprint density at radius 2 is 2.00 bits per heavy atom. The molecular formula is C15H21ClF3N. The highest BCUT2D eigenvalue weighted by Gasteiger charge is 2.27. The lowest BCUT2D eigenvalue weighted by Gasteiger charge is -2.21. The monoisotopic (exact) mass is 307 g/mol. The Hall–Kier alpha value is -0.740. The lowest BCUT2D eigenvalue weighted by atomic mass is 9.99. The van der Waals surface area contributed by atoms with Crippen LogP contribution in [0, 0.1) is 6.92 Å². The van der Waals surface area contributed by atoms with E-state index in [0.29, 0.717) is 11.4 Å². The first-order valence-corrected chi connectivity index (χ1v) is 7.27. The van der Waals surface area contributed by atoms with Crippen molar-refractivity contribution in [1.29, 1.82) is 0 Å². The SMILES string of the molecule is CCCNC(CCCC(F)(F)F)c1ccc(C)cc1Cl. The van der Waals surface area contributed by atoms with Crippen LogP contribution in [0.3, 0.4) is 0 Å². The molecule has 0 aliphatic carbocycles. The first-order valence-electron chi connectivity index (χ1n) is 6.89. The molecule has 0 radical (unpaired) electrons. The molecule has 0 spiro atoms. The third kappa shape index (κ3) is 6.14. The molecule has 0 aliphatic heterocycles. The molecule has 0 amide bonds. The van der Waals surface area contributed by atoms with E-state index >= 15 is 0 Å². The lowest BCUT2D eigenvalue weighted by Crippen LogP contribution is -2.23. The van der Waals surface area contributed by atoms with Gasteiger partial charge in [-0.15, -0.1) is 0 Å². The predicted molar refractivity (Wildman–Crippen MR) is 77.1 cm³/mol. The van der Waals surface area contributed by atoms with E-state index in [1.807, 2.05) is 32.0 Å². The normalized spacial score (nSPS) is 13.5. The predicted octanol–water partition coefficient (Wildman–Crippen LogP) is 5.42. The molecule has 1 atom stereocenters. The fraction of sp³-hybridized carbons (Fsp3) is 0.600. The van der Waals surface area contributed by atoms with Crippen molar-refractivity contribution in [2.75, 3.05) is 6.54 Å². The van der Waals surface area contributed by atoms with Crippen LogP contribution in [0.25, 0.3) is 0 Å². The Bertz CT molecular complexity index is 418. The summed E-state index contributed by atoms with van der Waals surface area (Å²) in [6.07, 6.45) is -3.37. The van der Waals surface area contributed by atoms with Gasteiger partial charge in [-0.3, -0.25) is 0 Å².